The Kier molecular flexibility index (Phi) is 30.8. The number of rotatable bonds is 18. The number of carbonyl (C=O) groups is 12. The van der Waals surface area contributed by atoms with Gasteiger partial charge in [-0.25, -0.2) is 22.8 Å². The Morgan fingerprint density at radius 1 is 0.483 bits per heavy atom. The number of aliphatic hydroxyl groups is 6. The molecular weight excluding hydrogens is 1890 g/mol. The molecule has 5 saturated heterocycles. The molecule has 10 aliphatic heterocycles. The number of aliphatic hydroxyl groups excluding tert-OH is 3. The van der Waals surface area contributed by atoms with E-state index in [1.54, 1.807) is 97.1 Å². The molecule has 2 aromatic carbocycles. The zero-order chi connectivity index (χ0) is 87.4. The Labute approximate surface area is 715 Å². The molecule has 0 saturated carbocycles. The Balaban J connectivity index is 0.000000186. The lowest BCUT2D eigenvalue weighted by Crippen LogP contribution is -2.55. The van der Waals surface area contributed by atoms with E-state index in [1.165, 1.54) is 74.3 Å². The molecule has 6 N–H and O–H groups in total. The molecule has 0 bridgehead atoms. The van der Waals surface area contributed by atoms with Gasteiger partial charge in [0.05, 0.1) is 70.0 Å². The zero-order valence-electron chi connectivity index (χ0n) is 63.3. The number of hydrogen-bond acceptors (Lipinski definition) is 25. The number of alkyl halides is 6. The van der Waals surface area contributed by atoms with Crippen molar-refractivity contribution in [3.63, 3.8) is 0 Å². The molecule has 10 heterocycles. The molecule has 30 nitrogen and oxygen atoms in total. The summed E-state index contributed by atoms with van der Waals surface area (Å²) in [6.45, 7) is 25.2. The third-order valence-corrected chi connectivity index (χ3v) is 23.1. The topological polar surface area (TPSA) is 407 Å². The summed E-state index contributed by atoms with van der Waals surface area (Å²) in [5.41, 5.74) is 3.38. The summed E-state index contributed by atoms with van der Waals surface area (Å²) in [6, 6.07) is 16.4. The molecule has 626 valence electrons. The highest BCUT2D eigenvalue weighted by molar-refractivity contribution is 14.1. The minimum absolute atomic E-state index is 0.0367. The highest BCUT2D eigenvalue weighted by Gasteiger charge is 2.69. The number of halogens is 6. The molecular formula is C82H81F3I3N5O25. The van der Waals surface area contributed by atoms with Crippen LogP contribution in [0.5, 0.6) is 0 Å². The quantitative estimate of drug-likeness (QED) is 0.0312. The van der Waals surface area contributed by atoms with Crippen LogP contribution in [0.4, 0.5) is 13.2 Å². The minimum atomic E-state index is -2.54. The van der Waals surface area contributed by atoms with Crippen molar-refractivity contribution in [2.75, 3.05) is 13.3 Å². The van der Waals surface area contributed by atoms with E-state index in [2.05, 4.69) is 68.1 Å². The molecule has 118 heavy (non-hydrogen) atoms. The highest BCUT2D eigenvalue weighted by atomic mass is 127. The van der Waals surface area contributed by atoms with Crippen LogP contribution in [0.1, 0.15) is 80.0 Å². The third kappa shape index (κ3) is 19.0. The number of esters is 2. The van der Waals surface area contributed by atoms with E-state index < -0.39 is 167 Å². The first-order valence-corrected chi connectivity index (χ1v) is 40.3. The molecule has 10 aliphatic rings. The Bertz CT molecular complexity index is 4620. The van der Waals surface area contributed by atoms with Gasteiger partial charge in [-0.15, -0.1) is 28.7 Å². The molecule has 0 spiro atoms. The van der Waals surface area contributed by atoms with E-state index >= 15 is 8.78 Å². The van der Waals surface area contributed by atoms with Gasteiger partial charge < -0.3 is 63.8 Å². The van der Waals surface area contributed by atoms with Crippen molar-refractivity contribution in [3.8, 4) is 0 Å². The summed E-state index contributed by atoms with van der Waals surface area (Å²) in [4.78, 5) is 148. The molecule has 5 fully saturated rings. The summed E-state index contributed by atoms with van der Waals surface area (Å²) in [7, 11) is 0. The second-order valence-electron chi connectivity index (χ2n) is 27.6. The second kappa shape index (κ2) is 38.7. The molecule has 12 rings (SSSR count). The van der Waals surface area contributed by atoms with Crippen molar-refractivity contribution < 1.29 is 135 Å². The van der Waals surface area contributed by atoms with Gasteiger partial charge in [-0.05, 0) is 72.9 Å². The largest absolute Gasteiger partial charge is 0.469 e. The Morgan fingerprint density at radius 2 is 0.805 bits per heavy atom. The standard InChI is InChI=1S/C22H22FNO5.C21H19FINO5.C13H13FINO5.C13H14INO5.C13H13NO5/c1-4-12-21(28-19(27)16-9-7-6-8-10-16)15(3)22(23,5-2)29-20(21)24-13-11-17(25)14-18(24)26;1-3-10-20(28-18(27)15-7-5-4-6-8-15)14(2)21(22,13-23)29-19(20)24-11-9-16(25)12-17(24)26;1-2-4-12(20)10(19)13(14,7-15)21-11(12)16-5-3-8(17)6-9(16)18;1-2-4-13(19)11(18)9(7-14)20-12(13)15-5-3-8(16)6-10(15)17;1-3-5-13(18)11(17)8(2)19-12(13)14-6-4-9(15)7-10(14)16/h6-13,15,20H,1,5,14H2,2-3H3;4-11,14,19H,1,12-13H2,2H3;3-5,10-11,19-20H,1,6-7H2;3-5,9,11-12,18-19H,1,6-7H2;4-6,11-12,17-18H,1-2,7H2/t15-,20+,21+,22+;14-,19+,20+,21+;10-,11+,12+,13+;9-,11-,12-,13-;11-,12-,13-/m00011/s1. The molecule has 36 heteroatoms. The molecule has 19 atom stereocenters. The smallest absolute Gasteiger partial charge is 0.339 e. The van der Waals surface area contributed by atoms with Gasteiger partial charge in [0.1, 0.15) is 18.0 Å². The van der Waals surface area contributed by atoms with E-state index in [9.17, 15) is 92.6 Å². The highest BCUT2D eigenvalue weighted by Crippen LogP contribution is 2.53. The van der Waals surface area contributed by atoms with Gasteiger partial charge >= 0.3 is 11.9 Å². The van der Waals surface area contributed by atoms with Gasteiger partial charge in [-0.2, -0.15) is 0 Å². The maximum atomic E-state index is 15.6. The molecule has 0 radical (unpaired) electrons. The number of ketones is 5. The van der Waals surface area contributed by atoms with E-state index in [-0.39, 0.29) is 81.0 Å². The van der Waals surface area contributed by atoms with Gasteiger partial charge in [0.15, 0.2) is 87.9 Å². The number of nitrogens with zero attached hydrogens (tertiary/aromatic N) is 5. The van der Waals surface area contributed by atoms with Crippen molar-refractivity contribution >= 4 is 138 Å². The van der Waals surface area contributed by atoms with Crippen molar-refractivity contribution in [1.29, 1.82) is 0 Å². The molecule has 0 aromatic heterocycles. The minimum Gasteiger partial charge on any atom is -0.469 e. The van der Waals surface area contributed by atoms with Crippen molar-refractivity contribution in [3.05, 3.63) is 237 Å². The van der Waals surface area contributed by atoms with Crippen LogP contribution in [0.2, 0.25) is 0 Å². The van der Waals surface area contributed by atoms with Crippen molar-refractivity contribution in [2.24, 2.45) is 11.8 Å². The summed E-state index contributed by atoms with van der Waals surface area (Å²) in [6.07, 6.45) is 4.45. The average Bonchev–Trinajstić information content (AvgIpc) is 1.57. The van der Waals surface area contributed by atoms with Crippen LogP contribution in [-0.2, 0) is 81.1 Å². The summed E-state index contributed by atoms with van der Waals surface area (Å²) < 4.78 is 84.6. The number of carbonyl (C=O) groups excluding carboxylic acids is 12. The van der Waals surface area contributed by atoms with Crippen molar-refractivity contribution in [1.82, 2.24) is 24.5 Å². The Morgan fingerprint density at radius 3 is 1.15 bits per heavy atom. The predicted octanol–water partition coefficient (Wildman–Crippen LogP) is 6.33. The van der Waals surface area contributed by atoms with Crippen LogP contribution in [0.3, 0.4) is 0 Å². The summed E-state index contributed by atoms with van der Waals surface area (Å²) >= 11 is 5.51. The summed E-state index contributed by atoms with van der Waals surface area (Å²) in [5.74, 6) is -15.0. The summed E-state index contributed by atoms with van der Waals surface area (Å²) in [5, 5.41) is 61.7. The van der Waals surface area contributed by atoms with Crippen LogP contribution in [0, 0.1) is 11.8 Å². The van der Waals surface area contributed by atoms with Gasteiger partial charge in [-0.3, -0.25) is 72.4 Å². The molecule has 0 aliphatic carbocycles. The number of amides is 5. The van der Waals surface area contributed by atoms with Crippen LogP contribution >= 0.6 is 67.8 Å². The second-order valence-corrected chi connectivity index (χ2v) is 30.0. The van der Waals surface area contributed by atoms with Crippen LogP contribution in [-0.4, -0.2) is 240 Å². The molecule has 5 amide bonds. The third-order valence-electron chi connectivity index (χ3n) is 20.2. The van der Waals surface area contributed by atoms with Gasteiger partial charge in [0, 0.05) is 54.0 Å². The number of allylic oxidation sites excluding steroid dienone is 5. The first kappa shape index (κ1) is 94.0. The normalized spacial score (nSPS) is 34.3. The maximum absolute atomic E-state index is 15.6. The first-order valence-electron chi connectivity index (χ1n) is 35.7. The lowest BCUT2D eigenvalue weighted by atomic mass is 9.83. The fourth-order valence-electron chi connectivity index (χ4n) is 13.7. The lowest BCUT2D eigenvalue weighted by molar-refractivity contribution is -0.190. The first-order chi connectivity index (χ1) is 55.7. The number of benzene rings is 2. The van der Waals surface area contributed by atoms with Gasteiger partial charge in [0.2, 0.25) is 53.3 Å². The molecule has 2 aromatic rings. The Hall–Kier alpha value is -9.50. The number of hydrogen-bond donors (Lipinski definition) is 6. The van der Waals surface area contributed by atoms with Crippen LogP contribution in [0.25, 0.3) is 0 Å². The zero-order valence-corrected chi connectivity index (χ0v) is 69.8. The van der Waals surface area contributed by atoms with E-state index in [0.717, 1.165) is 48.9 Å². The van der Waals surface area contributed by atoms with Gasteiger partial charge in [0.25, 0.3) is 0 Å². The molecule has 0 unspecified atom stereocenters. The fourth-order valence-corrected chi connectivity index (χ4v) is 15.8. The van der Waals surface area contributed by atoms with Crippen LogP contribution in [0.15, 0.2) is 226 Å². The fraction of sp³-hybridized carbons (Fsp3) is 0.378. The lowest BCUT2D eigenvalue weighted by Gasteiger charge is -2.38. The van der Waals surface area contributed by atoms with E-state index in [0.29, 0.717) is 4.43 Å². The number of ether oxygens (including phenoxy) is 7. The van der Waals surface area contributed by atoms with Gasteiger partial charge in [-0.1, -0.05) is 164 Å². The van der Waals surface area contributed by atoms with Crippen LogP contribution < -0.4 is 0 Å². The van der Waals surface area contributed by atoms with E-state index in [1.807, 2.05) is 45.2 Å². The predicted molar refractivity (Wildman–Crippen MR) is 433 cm³/mol. The monoisotopic (exact) mass is 1970 g/mol. The maximum Gasteiger partial charge on any atom is 0.339 e. The van der Waals surface area contributed by atoms with Crippen molar-refractivity contribution in [2.45, 2.75) is 160 Å². The van der Waals surface area contributed by atoms with E-state index in [4.69, 9.17) is 33.2 Å². The average molecular weight is 1970 g/mol. The SMILES string of the molecule is C=C=C[C@@]1(O)[C@H](O)C(=C)O[C@H]1N1C=CC(=O)CC1=O.C=C=C[C@@]1(O)[C@H](O)[C@@H](CI)O[C@H]1N1C=CC(=O)CC1=O.C=C=C[C@]1(O)[C@H](N2C=CC(=O)CC2=O)O[C@](F)(CI)[C@H]1O.C=C=C[C@]1(OC(=O)c2ccccc2)[C@H](N2C=CC(=O)CC2=O)O[C@](F)(CC)[C@H]1C.C=C=C[C@]1(OC(=O)c2ccccc2)[C@H](N2C=CC(=O)CC2=O)O[C@](F)(CI)[C@H]1C.